The van der Waals surface area contributed by atoms with Crippen molar-refractivity contribution >= 4 is 28.6 Å². The highest BCUT2D eigenvalue weighted by molar-refractivity contribution is 7.09. The van der Waals surface area contributed by atoms with Gasteiger partial charge in [-0.05, 0) is 30.0 Å². The molecule has 0 fully saturated rings. The van der Waals surface area contributed by atoms with E-state index in [1.54, 1.807) is 17.4 Å². The van der Waals surface area contributed by atoms with Gasteiger partial charge in [-0.25, -0.2) is 4.39 Å². The van der Waals surface area contributed by atoms with E-state index in [9.17, 15) is 4.39 Å². The van der Waals surface area contributed by atoms with Crippen LogP contribution in [0.1, 0.15) is 17.4 Å². The Kier molecular flexibility index (Phi) is 4.61. The van der Waals surface area contributed by atoms with Crippen molar-refractivity contribution in [3.8, 4) is 0 Å². The fourth-order valence-corrected chi connectivity index (χ4v) is 2.90. The highest BCUT2D eigenvalue weighted by Crippen LogP contribution is 2.28. The van der Waals surface area contributed by atoms with Crippen LogP contribution in [0.3, 0.4) is 0 Å². The van der Waals surface area contributed by atoms with Crippen molar-refractivity contribution in [2.24, 2.45) is 0 Å². The summed E-state index contributed by atoms with van der Waals surface area (Å²) in [4.78, 5) is 3.25. The van der Waals surface area contributed by atoms with Gasteiger partial charge in [-0.2, -0.15) is 0 Å². The van der Waals surface area contributed by atoms with Crippen LogP contribution in [0.25, 0.3) is 0 Å². The number of rotatable bonds is 5. The lowest BCUT2D eigenvalue weighted by Gasteiger charge is -2.25. The van der Waals surface area contributed by atoms with E-state index in [2.05, 4.69) is 6.07 Å². The van der Waals surface area contributed by atoms with Crippen molar-refractivity contribution in [2.45, 2.75) is 19.3 Å². The van der Waals surface area contributed by atoms with Crippen molar-refractivity contribution in [1.82, 2.24) is 0 Å². The van der Waals surface area contributed by atoms with Gasteiger partial charge in [-0.1, -0.05) is 18.2 Å². The molecular formula is C14H15ClFNS. The predicted molar refractivity (Wildman–Crippen MR) is 77.0 cm³/mol. The molecule has 1 aromatic heterocycles. The summed E-state index contributed by atoms with van der Waals surface area (Å²) in [5.74, 6) is 0.125. The fourth-order valence-electron chi connectivity index (χ4n) is 1.96. The molecule has 0 saturated carbocycles. The summed E-state index contributed by atoms with van der Waals surface area (Å²) in [6, 6.07) is 9.15. The lowest BCUT2D eigenvalue weighted by molar-refractivity contribution is 0.616. The quantitative estimate of drug-likeness (QED) is 0.722. The minimum Gasteiger partial charge on any atom is -0.364 e. The van der Waals surface area contributed by atoms with Gasteiger partial charge in [0.2, 0.25) is 0 Å². The standard InChI is InChI=1S/C14H15ClFNS/c1-2-17(10-12-6-4-8-18-12)14-11(9-15)5-3-7-13(14)16/h3-8H,2,9-10H2,1H3. The van der Waals surface area contributed by atoms with Crippen LogP contribution in [-0.2, 0) is 12.4 Å². The molecule has 0 aliphatic rings. The molecule has 96 valence electrons. The molecule has 0 saturated heterocycles. The summed E-state index contributed by atoms with van der Waals surface area (Å²) in [6.07, 6.45) is 0. The van der Waals surface area contributed by atoms with Crippen LogP contribution in [-0.4, -0.2) is 6.54 Å². The van der Waals surface area contributed by atoms with Gasteiger partial charge in [-0.15, -0.1) is 22.9 Å². The van der Waals surface area contributed by atoms with E-state index in [1.807, 2.05) is 29.3 Å². The van der Waals surface area contributed by atoms with Gasteiger partial charge in [0.05, 0.1) is 12.2 Å². The predicted octanol–water partition coefficient (Wildman–Crippen LogP) is 4.65. The van der Waals surface area contributed by atoms with E-state index in [0.29, 0.717) is 11.6 Å². The van der Waals surface area contributed by atoms with E-state index >= 15 is 0 Å². The molecule has 0 unspecified atom stereocenters. The molecule has 1 nitrogen and oxygen atoms in total. The van der Waals surface area contributed by atoms with Crippen LogP contribution in [0.2, 0.25) is 0 Å². The van der Waals surface area contributed by atoms with E-state index < -0.39 is 0 Å². The summed E-state index contributed by atoms with van der Waals surface area (Å²) in [7, 11) is 0. The molecule has 2 aromatic rings. The topological polar surface area (TPSA) is 3.24 Å². The molecule has 0 aliphatic heterocycles. The summed E-state index contributed by atoms with van der Waals surface area (Å²) >= 11 is 7.58. The van der Waals surface area contributed by atoms with E-state index in [0.717, 1.165) is 18.7 Å². The molecule has 0 radical (unpaired) electrons. The summed E-state index contributed by atoms with van der Waals surface area (Å²) in [6.45, 7) is 3.50. The Morgan fingerprint density at radius 2 is 2.11 bits per heavy atom. The lowest BCUT2D eigenvalue weighted by atomic mass is 10.1. The van der Waals surface area contributed by atoms with Gasteiger partial charge >= 0.3 is 0 Å². The van der Waals surface area contributed by atoms with Crippen LogP contribution in [0, 0.1) is 5.82 Å². The second-order valence-electron chi connectivity index (χ2n) is 3.97. The maximum atomic E-state index is 14.0. The second kappa shape index (κ2) is 6.21. The fraction of sp³-hybridized carbons (Fsp3) is 0.286. The molecule has 0 spiro atoms. The zero-order valence-corrected chi connectivity index (χ0v) is 11.8. The zero-order chi connectivity index (χ0) is 13.0. The highest BCUT2D eigenvalue weighted by atomic mass is 35.5. The Labute approximate surface area is 116 Å². The molecule has 0 atom stereocenters. The first kappa shape index (κ1) is 13.4. The average molecular weight is 284 g/mol. The zero-order valence-electron chi connectivity index (χ0n) is 10.2. The lowest BCUT2D eigenvalue weighted by Crippen LogP contribution is -2.23. The number of anilines is 1. The SMILES string of the molecule is CCN(Cc1cccs1)c1c(F)cccc1CCl. The third-order valence-corrected chi connectivity index (χ3v) is 3.99. The molecule has 0 bridgehead atoms. The van der Waals surface area contributed by atoms with Crippen molar-refractivity contribution in [3.63, 3.8) is 0 Å². The van der Waals surface area contributed by atoms with E-state index in [-0.39, 0.29) is 5.82 Å². The first-order valence-corrected chi connectivity index (χ1v) is 7.28. The molecule has 0 N–H and O–H groups in total. The Bertz CT molecular complexity index is 499. The van der Waals surface area contributed by atoms with Crippen molar-refractivity contribution in [3.05, 3.63) is 52.0 Å². The number of thiophene rings is 1. The summed E-state index contributed by atoms with van der Waals surface area (Å²) in [5, 5.41) is 2.03. The first-order valence-electron chi connectivity index (χ1n) is 5.87. The van der Waals surface area contributed by atoms with E-state index in [4.69, 9.17) is 11.6 Å². The van der Waals surface area contributed by atoms with Gasteiger partial charge in [0.1, 0.15) is 5.82 Å². The molecule has 1 heterocycles. The number of alkyl halides is 1. The number of para-hydroxylation sites is 1. The molecule has 1 aromatic carbocycles. The van der Waals surface area contributed by atoms with Gasteiger partial charge in [0, 0.05) is 17.3 Å². The van der Waals surface area contributed by atoms with Crippen molar-refractivity contribution < 1.29 is 4.39 Å². The molecule has 0 aliphatic carbocycles. The smallest absolute Gasteiger partial charge is 0.146 e. The minimum atomic E-state index is -0.202. The van der Waals surface area contributed by atoms with Crippen molar-refractivity contribution in [1.29, 1.82) is 0 Å². The van der Waals surface area contributed by atoms with Crippen LogP contribution in [0.15, 0.2) is 35.7 Å². The van der Waals surface area contributed by atoms with Gasteiger partial charge in [0.15, 0.2) is 0 Å². The monoisotopic (exact) mass is 283 g/mol. The maximum absolute atomic E-state index is 14.0. The number of benzene rings is 1. The Morgan fingerprint density at radius 1 is 1.28 bits per heavy atom. The molecule has 2 rings (SSSR count). The van der Waals surface area contributed by atoms with Gasteiger partial charge in [-0.3, -0.25) is 0 Å². The Morgan fingerprint density at radius 3 is 2.72 bits per heavy atom. The van der Waals surface area contributed by atoms with Crippen molar-refractivity contribution in [2.75, 3.05) is 11.4 Å². The van der Waals surface area contributed by atoms with Crippen LogP contribution in [0.4, 0.5) is 10.1 Å². The Balaban J connectivity index is 2.32. The highest BCUT2D eigenvalue weighted by Gasteiger charge is 2.15. The molecule has 18 heavy (non-hydrogen) atoms. The van der Waals surface area contributed by atoms with E-state index in [1.165, 1.54) is 10.9 Å². The number of halogens is 2. The third kappa shape index (κ3) is 2.85. The molecular weight excluding hydrogens is 269 g/mol. The number of hydrogen-bond acceptors (Lipinski definition) is 2. The number of nitrogens with zero attached hydrogens (tertiary/aromatic N) is 1. The van der Waals surface area contributed by atoms with Gasteiger partial charge < -0.3 is 4.90 Å². The Hall–Kier alpha value is -1.06. The largest absolute Gasteiger partial charge is 0.364 e. The second-order valence-corrected chi connectivity index (χ2v) is 5.27. The first-order chi connectivity index (χ1) is 8.76. The third-order valence-electron chi connectivity index (χ3n) is 2.84. The average Bonchev–Trinajstić information content (AvgIpc) is 2.89. The van der Waals surface area contributed by atoms with Crippen LogP contribution < -0.4 is 4.90 Å². The molecule has 0 amide bonds. The van der Waals surface area contributed by atoms with Crippen LogP contribution in [0.5, 0.6) is 0 Å². The normalized spacial score (nSPS) is 10.6. The maximum Gasteiger partial charge on any atom is 0.146 e. The van der Waals surface area contributed by atoms with Crippen LogP contribution >= 0.6 is 22.9 Å². The molecule has 4 heteroatoms. The number of hydrogen-bond donors (Lipinski definition) is 0. The van der Waals surface area contributed by atoms with Gasteiger partial charge in [0.25, 0.3) is 0 Å². The summed E-state index contributed by atoms with van der Waals surface area (Å²) < 4.78 is 14.0. The minimum absolute atomic E-state index is 0.202. The summed E-state index contributed by atoms with van der Waals surface area (Å²) in [5.41, 5.74) is 1.47.